The summed E-state index contributed by atoms with van der Waals surface area (Å²) < 4.78 is 0. The summed E-state index contributed by atoms with van der Waals surface area (Å²) in [5, 5.41) is 5.68. The van der Waals surface area contributed by atoms with E-state index in [9.17, 15) is 4.79 Å². The average Bonchev–Trinajstić information content (AvgIpc) is 3.41. The van der Waals surface area contributed by atoms with E-state index in [1.165, 1.54) is 37.1 Å². The van der Waals surface area contributed by atoms with E-state index < -0.39 is 0 Å². The molecule has 3 aliphatic rings. The first-order valence-electron chi connectivity index (χ1n) is 14.6. The number of aromatic amines is 1. The van der Waals surface area contributed by atoms with E-state index >= 15 is 0 Å². The van der Waals surface area contributed by atoms with Crippen LogP contribution in [0.5, 0.6) is 0 Å². The topological polar surface area (TPSA) is 63.7 Å². The van der Waals surface area contributed by atoms with Crippen LogP contribution in [0.2, 0.25) is 0 Å². The van der Waals surface area contributed by atoms with Gasteiger partial charge < -0.3 is 20.1 Å². The molecule has 0 radical (unpaired) electrons. The Morgan fingerprint density at radius 1 is 1.23 bits per heavy atom. The van der Waals surface area contributed by atoms with Gasteiger partial charge in [-0.1, -0.05) is 48.9 Å². The SMILES string of the molecule is C=CC(=O)N1CCC(N(C)C[C@H]2CCC[C@@H](N/C3=N/C=C(Cl)\C(c4c[nH]c5ccccc45)=C/CCC3)C2)CC1. The van der Waals surface area contributed by atoms with E-state index in [1.807, 2.05) is 17.2 Å². The number of H-pyrrole nitrogens is 1. The highest BCUT2D eigenvalue weighted by Crippen LogP contribution is 2.33. The number of rotatable bonds is 6. The summed E-state index contributed by atoms with van der Waals surface area (Å²) in [6.07, 6.45) is 17.5. The predicted molar refractivity (Wildman–Crippen MR) is 163 cm³/mol. The van der Waals surface area contributed by atoms with Crippen molar-refractivity contribution >= 4 is 39.8 Å². The molecule has 0 spiro atoms. The van der Waals surface area contributed by atoms with Crippen LogP contribution < -0.4 is 5.32 Å². The fraction of sp³-hybridized carbons (Fsp3) is 0.500. The number of aliphatic imine (C=N–C) groups is 1. The molecule has 2 atom stereocenters. The third-order valence-corrected chi connectivity index (χ3v) is 9.01. The number of amidine groups is 1. The Morgan fingerprint density at radius 3 is 2.87 bits per heavy atom. The first-order valence-corrected chi connectivity index (χ1v) is 15.0. The van der Waals surface area contributed by atoms with Crippen molar-refractivity contribution in [3.8, 4) is 0 Å². The first-order chi connectivity index (χ1) is 19.0. The summed E-state index contributed by atoms with van der Waals surface area (Å²) in [4.78, 5) is 24.6. The van der Waals surface area contributed by atoms with Gasteiger partial charge in [-0.25, -0.2) is 4.99 Å². The molecule has 2 fully saturated rings. The molecule has 0 unspecified atom stereocenters. The summed E-state index contributed by atoms with van der Waals surface area (Å²) in [7, 11) is 2.26. The first kappa shape index (κ1) is 27.7. The molecule has 2 N–H and O–H groups in total. The minimum Gasteiger partial charge on any atom is -0.371 e. The van der Waals surface area contributed by atoms with E-state index in [4.69, 9.17) is 16.6 Å². The van der Waals surface area contributed by atoms with E-state index in [0.29, 0.717) is 23.0 Å². The third kappa shape index (κ3) is 6.85. The molecular weight excluding hydrogens is 506 g/mol. The second-order valence-corrected chi connectivity index (χ2v) is 11.8. The molecule has 6 nitrogen and oxygen atoms in total. The minimum absolute atomic E-state index is 0.0613. The second kappa shape index (κ2) is 13.0. The van der Waals surface area contributed by atoms with Gasteiger partial charge in [-0.2, -0.15) is 0 Å². The zero-order valence-electron chi connectivity index (χ0n) is 23.2. The third-order valence-electron chi connectivity index (χ3n) is 8.71. The Morgan fingerprint density at radius 2 is 2.05 bits per heavy atom. The van der Waals surface area contributed by atoms with Crippen molar-refractivity contribution < 1.29 is 4.79 Å². The molecule has 2 aliphatic heterocycles. The maximum absolute atomic E-state index is 11.9. The molecule has 0 bridgehead atoms. The Balaban J connectivity index is 1.17. The second-order valence-electron chi connectivity index (χ2n) is 11.4. The summed E-state index contributed by atoms with van der Waals surface area (Å²) in [5.41, 5.74) is 3.31. The fourth-order valence-corrected chi connectivity index (χ4v) is 6.79. The highest BCUT2D eigenvalue weighted by Gasteiger charge is 2.28. The zero-order valence-corrected chi connectivity index (χ0v) is 23.9. The molecule has 1 aromatic heterocycles. The van der Waals surface area contributed by atoms with Gasteiger partial charge in [-0.15, -0.1) is 0 Å². The molecule has 7 heteroatoms. The van der Waals surface area contributed by atoms with Gasteiger partial charge >= 0.3 is 0 Å². The van der Waals surface area contributed by atoms with Crippen LogP contribution in [0.25, 0.3) is 16.5 Å². The van der Waals surface area contributed by atoms with Crippen molar-refractivity contribution in [1.29, 1.82) is 0 Å². The van der Waals surface area contributed by atoms with Gasteiger partial charge in [0.15, 0.2) is 0 Å². The van der Waals surface area contributed by atoms with Crippen molar-refractivity contribution in [3.63, 3.8) is 0 Å². The number of halogens is 1. The Labute approximate surface area is 237 Å². The Kier molecular flexibility index (Phi) is 9.25. The van der Waals surface area contributed by atoms with E-state index in [1.54, 1.807) is 0 Å². The number of carbonyl (C=O) groups excluding carboxylic acids is 1. The van der Waals surface area contributed by atoms with Gasteiger partial charge in [0.25, 0.3) is 0 Å². The quantitative estimate of drug-likeness (QED) is 0.407. The molecular formula is C32H42ClN5O. The van der Waals surface area contributed by atoms with E-state index in [0.717, 1.165) is 74.2 Å². The standard InChI is InChI=1S/C32H42ClN5O/c1-3-32(39)38-17-15-25(16-18-38)37(2)22-23-9-8-10-24(19-23)36-31-14-7-5-11-26(29(33)21-35-31)28-20-34-30-13-6-4-12-27(28)30/h3-4,6,11-13,20-21,23-25,34H,1,5,7-10,14-19,22H2,2H3,(H,35,36)/b26-11-,29-21+/t23-,24+/m0/s1. The van der Waals surface area contributed by atoms with Gasteiger partial charge in [-0.3, -0.25) is 4.79 Å². The molecule has 1 saturated carbocycles. The maximum atomic E-state index is 11.9. The number of fused-ring (bicyclic) bond motifs is 1. The van der Waals surface area contributed by atoms with Gasteiger partial charge in [0.1, 0.15) is 5.84 Å². The van der Waals surface area contributed by atoms with Crippen molar-refractivity contribution in [1.82, 2.24) is 20.1 Å². The molecule has 208 valence electrons. The number of para-hydroxylation sites is 1. The number of allylic oxidation sites excluding steroid dienone is 3. The number of piperidine rings is 1. The van der Waals surface area contributed by atoms with Crippen LogP contribution in [0.3, 0.4) is 0 Å². The van der Waals surface area contributed by atoms with E-state index in [-0.39, 0.29) is 5.91 Å². The van der Waals surface area contributed by atoms with Crippen LogP contribution in [0, 0.1) is 5.92 Å². The molecule has 1 amide bonds. The molecule has 1 saturated heterocycles. The van der Waals surface area contributed by atoms with Crippen molar-refractivity contribution in [2.75, 3.05) is 26.7 Å². The number of carbonyl (C=O) groups is 1. The maximum Gasteiger partial charge on any atom is 0.245 e. The number of benzene rings is 1. The smallest absolute Gasteiger partial charge is 0.245 e. The monoisotopic (exact) mass is 547 g/mol. The molecule has 1 aromatic carbocycles. The lowest BCUT2D eigenvalue weighted by Crippen LogP contribution is -2.47. The van der Waals surface area contributed by atoms with Crippen LogP contribution in [0.15, 0.2) is 65.4 Å². The largest absolute Gasteiger partial charge is 0.371 e. The number of nitrogens with one attached hydrogen (secondary N) is 2. The summed E-state index contributed by atoms with van der Waals surface area (Å²) >= 11 is 6.83. The lowest BCUT2D eigenvalue weighted by Gasteiger charge is -2.39. The molecule has 3 heterocycles. The lowest BCUT2D eigenvalue weighted by molar-refractivity contribution is -0.127. The predicted octanol–water partition coefficient (Wildman–Crippen LogP) is 6.47. The van der Waals surface area contributed by atoms with Crippen molar-refractivity contribution in [2.24, 2.45) is 10.9 Å². The van der Waals surface area contributed by atoms with Crippen molar-refractivity contribution in [3.05, 3.63) is 66.0 Å². The fourth-order valence-electron chi connectivity index (χ4n) is 6.56. The number of hydrogen-bond acceptors (Lipinski definition) is 4. The highest BCUT2D eigenvalue weighted by molar-refractivity contribution is 6.37. The molecule has 1 aliphatic carbocycles. The Bertz CT molecular complexity index is 1250. The summed E-state index contributed by atoms with van der Waals surface area (Å²) in [6, 6.07) is 9.35. The van der Waals surface area contributed by atoms with Crippen LogP contribution in [-0.4, -0.2) is 65.3 Å². The number of likely N-dealkylation sites (tertiary alicyclic amines) is 1. The van der Waals surface area contributed by atoms with Crippen LogP contribution >= 0.6 is 11.6 Å². The van der Waals surface area contributed by atoms with Crippen LogP contribution in [0.4, 0.5) is 0 Å². The number of amides is 1. The average molecular weight is 548 g/mol. The number of hydrogen-bond donors (Lipinski definition) is 2. The summed E-state index contributed by atoms with van der Waals surface area (Å²) in [5.74, 6) is 1.80. The molecule has 2 aromatic rings. The Hall–Kier alpha value is -2.83. The summed E-state index contributed by atoms with van der Waals surface area (Å²) in [6.45, 7) is 6.42. The van der Waals surface area contributed by atoms with Gasteiger partial charge in [0, 0.05) is 72.6 Å². The van der Waals surface area contributed by atoms with Gasteiger partial charge in [0.2, 0.25) is 5.91 Å². The van der Waals surface area contributed by atoms with Crippen molar-refractivity contribution in [2.45, 2.75) is 69.9 Å². The number of nitrogens with zero attached hydrogens (tertiary/aromatic N) is 3. The number of aromatic nitrogens is 1. The van der Waals surface area contributed by atoms with Gasteiger partial charge in [0.05, 0.1) is 5.03 Å². The van der Waals surface area contributed by atoms with Crippen LogP contribution in [-0.2, 0) is 4.79 Å². The van der Waals surface area contributed by atoms with Crippen LogP contribution in [0.1, 0.15) is 63.4 Å². The minimum atomic E-state index is 0.0613. The molecule has 39 heavy (non-hydrogen) atoms. The lowest BCUT2D eigenvalue weighted by atomic mass is 9.84. The zero-order chi connectivity index (χ0) is 27.2. The normalized spacial score (nSPS) is 27.4. The van der Waals surface area contributed by atoms with E-state index in [2.05, 4.69) is 59.3 Å². The highest BCUT2D eigenvalue weighted by atomic mass is 35.5. The molecule has 5 rings (SSSR count). The van der Waals surface area contributed by atoms with Gasteiger partial charge in [-0.05, 0) is 70.1 Å².